The molecular formula is C11H16N2O4. The molecule has 1 aromatic heterocycles. The van der Waals surface area contributed by atoms with Crippen LogP contribution in [0.1, 0.15) is 36.5 Å². The molecule has 0 saturated carbocycles. The lowest BCUT2D eigenvalue weighted by atomic mass is 10.1. The van der Waals surface area contributed by atoms with E-state index in [0.717, 1.165) is 0 Å². The van der Waals surface area contributed by atoms with E-state index >= 15 is 0 Å². The second-order valence-electron chi connectivity index (χ2n) is 3.79. The summed E-state index contributed by atoms with van der Waals surface area (Å²) in [6, 6.07) is 0. The van der Waals surface area contributed by atoms with Crippen LogP contribution < -0.4 is 5.56 Å². The Morgan fingerprint density at radius 1 is 1.59 bits per heavy atom. The molecule has 0 aromatic carbocycles. The quantitative estimate of drug-likeness (QED) is 0.794. The predicted molar refractivity (Wildman–Crippen MR) is 61.0 cm³/mol. The number of carboxylic acids is 1. The van der Waals surface area contributed by atoms with Crippen LogP contribution in [0, 0.1) is 6.92 Å². The summed E-state index contributed by atoms with van der Waals surface area (Å²) in [4.78, 5) is 29.0. The Morgan fingerprint density at radius 3 is 2.71 bits per heavy atom. The summed E-state index contributed by atoms with van der Waals surface area (Å²) in [6.07, 6.45) is -0.189. The summed E-state index contributed by atoms with van der Waals surface area (Å²) in [7, 11) is 1.53. The van der Waals surface area contributed by atoms with Gasteiger partial charge >= 0.3 is 5.97 Å². The Labute approximate surface area is 98.7 Å². The van der Waals surface area contributed by atoms with Gasteiger partial charge in [0.1, 0.15) is 11.9 Å². The van der Waals surface area contributed by atoms with Crippen LogP contribution in [0.4, 0.5) is 0 Å². The van der Waals surface area contributed by atoms with Crippen molar-refractivity contribution in [3.63, 3.8) is 0 Å². The van der Waals surface area contributed by atoms with Gasteiger partial charge in [-0.2, -0.15) is 0 Å². The van der Waals surface area contributed by atoms with Crippen molar-refractivity contribution in [3.05, 3.63) is 27.4 Å². The van der Waals surface area contributed by atoms with E-state index in [1.165, 1.54) is 7.11 Å². The lowest BCUT2D eigenvalue weighted by Gasteiger charge is -2.11. The molecular weight excluding hydrogens is 224 g/mol. The molecule has 2 N–H and O–H groups in total. The van der Waals surface area contributed by atoms with E-state index < -0.39 is 5.97 Å². The Bertz CT molecular complexity index is 467. The van der Waals surface area contributed by atoms with Gasteiger partial charge in [0.15, 0.2) is 0 Å². The van der Waals surface area contributed by atoms with Crippen molar-refractivity contribution in [1.29, 1.82) is 0 Å². The number of carboxylic acid groups (broad SMARTS) is 1. The second kappa shape index (κ2) is 5.58. The maximum Gasteiger partial charge on any atom is 0.303 e. The van der Waals surface area contributed by atoms with Gasteiger partial charge in [-0.15, -0.1) is 0 Å². The molecule has 0 aliphatic rings. The molecule has 1 aromatic rings. The molecule has 0 bridgehead atoms. The maximum atomic E-state index is 11.7. The van der Waals surface area contributed by atoms with Crippen molar-refractivity contribution in [2.24, 2.45) is 0 Å². The number of aliphatic carboxylic acids is 1. The summed E-state index contributed by atoms with van der Waals surface area (Å²) >= 11 is 0. The molecule has 0 saturated heterocycles. The molecule has 0 radical (unpaired) electrons. The number of nitrogens with one attached hydrogen (secondary N) is 1. The Morgan fingerprint density at radius 2 is 2.24 bits per heavy atom. The largest absolute Gasteiger partial charge is 0.481 e. The van der Waals surface area contributed by atoms with Gasteiger partial charge in [0.2, 0.25) is 0 Å². The summed E-state index contributed by atoms with van der Waals surface area (Å²) in [5, 5.41) is 8.58. The fourth-order valence-electron chi connectivity index (χ4n) is 1.46. The highest BCUT2D eigenvalue weighted by atomic mass is 16.5. The fraction of sp³-hybridized carbons (Fsp3) is 0.545. The number of ether oxygens (including phenoxy) is 1. The average molecular weight is 240 g/mol. The third-order valence-electron chi connectivity index (χ3n) is 2.57. The molecule has 1 unspecified atom stereocenters. The van der Waals surface area contributed by atoms with Gasteiger partial charge in [0.05, 0.1) is 0 Å². The Hall–Kier alpha value is -1.69. The smallest absolute Gasteiger partial charge is 0.303 e. The number of aromatic amines is 1. The average Bonchev–Trinajstić information content (AvgIpc) is 2.26. The topological polar surface area (TPSA) is 92.3 Å². The van der Waals surface area contributed by atoms with Gasteiger partial charge in [0, 0.05) is 24.8 Å². The highest BCUT2D eigenvalue weighted by Gasteiger charge is 2.13. The molecule has 6 nitrogen and oxygen atoms in total. The molecule has 0 fully saturated rings. The SMILES string of the molecule is COC(C)c1nc(C)c(CCC(=O)O)c(=O)[nH]1. The van der Waals surface area contributed by atoms with E-state index in [1.54, 1.807) is 13.8 Å². The highest BCUT2D eigenvalue weighted by molar-refractivity contribution is 5.67. The van der Waals surface area contributed by atoms with Gasteiger partial charge in [-0.05, 0) is 20.3 Å². The van der Waals surface area contributed by atoms with E-state index in [0.29, 0.717) is 17.1 Å². The van der Waals surface area contributed by atoms with E-state index in [-0.39, 0.29) is 24.5 Å². The molecule has 6 heteroatoms. The molecule has 0 aliphatic carbocycles. The van der Waals surface area contributed by atoms with Crippen LogP contribution in [-0.4, -0.2) is 28.2 Å². The molecule has 17 heavy (non-hydrogen) atoms. The normalized spacial score (nSPS) is 12.4. The number of methoxy groups -OCH3 is 1. The Balaban J connectivity index is 3.02. The zero-order valence-electron chi connectivity index (χ0n) is 10.1. The second-order valence-corrected chi connectivity index (χ2v) is 3.79. The van der Waals surface area contributed by atoms with E-state index in [2.05, 4.69) is 9.97 Å². The van der Waals surface area contributed by atoms with Crippen LogP contribution >= 0.6 is 0 Å². The van der Waals surface area contributed by atoms with Crippen molar-refractivity contribution in [3.8, 4) is 0 Å². The zero-order valence-corrected chi connectivity index (χ0v) is 10.1. The van der Waals surface area contributed by atoms with Crippen LogP contribution in [0.2, 0.25) is 0 Å². The van der Waals surface area contributed by atoms with Crippen LogP contribution in [0.5, 0.6) is 0 Å². The first kappa shape index (κ1) is 13.4. The third kappa shape index (κ3) is 3.39. The Kier molecular flexibility index (Phi) is 4.39. The van der Waals surface area contributed by atoms with Crippen LogP contribution in [-0.2, 0) is 16.0 Å². The monoisotopic (exact) mass is 240 g/mol. The number of rotatable bonds is 5. The van der Waals surface area contributed by atoms with Crippen molar-refractivity contribution >= 4 is 5.97 Å². The first-order valence-electron chi connectivity index (χ1n) is 5.30. The van der Waals surface area contributed by atoms with E-state index in [9.17, 15) is 9.59 Å². The molecule has 1 atom stereocenters. The molecule has 1 rings (SSSR count). The number of hydrogen-bond donors (Lipinski definition) is 2. The van der Waals surface area contributed by atoms with E-state index in [1.807, 2.05) is 0 Å². The maximum absolute atomic E-state index is 11.7. The zero-order chi connectivity index (χ0) is 13.0. The predicted octanol–water partition coefficient (Wildman–Crippen LogP) is 0.803. The number of aryl methyl sites for hydroxylation is 1. The summed E-state index contributed by atoms with van der Waals surface area (Å²) in [5.74, 6) is -0.479. The summed E-state index contributed by atoms with van der Waals surface area (Å²) in [6.45, 7) is 3.47. The minimum Gasteiger partial charge on any atom is -0.481 e. The van der Waals surface area contributed by atoms with Crippen molar-refractivity contribution in [2.45, 2.75) is 32.8 Å². The summed E-state index contributed by atoms with van der Waals surface area (Å²) in [5.41, 5.74) is 0.672. The lowest BCUT2D eigenvalue weighted by molar-refractivity contribution is -0.136. The van der Waals surface area contributed by atoms with Gasteiger partial charge in [-0.25, -0.2) is 4.98 Å². The van der Waals surface area contributed by atoms with E-state index in [4.69, 9.17) is 9.84 Å². The molecule has 0 spiro atoms. The lowest BCUT2D eigenvalue weighted by Crippen LogP contribution is -2.21. The van der Waals surface area contributed by atoms with Gasteiger partial charge in [-0.1, -0.05) is 0 Å². The first-order valence-corrected chi connectivity index (χ1v) is 5.30. The van der Waals surface area contributed by atoms with Crippen LogP contribution in [0.15, 0.2) is 4.79 Å². The number of aromatic nitrogens is 2. The van der Waals surface area contributed by atoms with Gasteiger partial charge < -0.3 is 14.8 Å². The number of hydrogen-bond acceptors (Lipinski definition) is 4. The fourth-order valence-corrected chi connectivity index (χ4v) is 1.46. The summed E-state index contributed by atoms with van der Waals surface area (Å²) < 4.78 is 5.06. The van der Waals surface area contributed by atoms with Gasteiger partial charge in [-0.3, -0.25) is 9.59 Å². The minimum absolute atomic E-state index is 0.0786. The molecule has 0 amide bonds. The minimum atomic E-state index is -0.932. The van der Waals surface area contributed by atoms with Crippen molar-refractivity contribution in [1.82, 2.24) is 9.97 Å². The first-order chi connectivity index (χ1) is 7.95. The highest BCUT2D eigenvalue weighted by Crippen LogP contribution is 2.11. The molecule has 94 valence electrons. The molecule has 1 heterocycles. The standard InChI is InChI=1S/C11H16N2O4/c1-6-8(4-5-9(14)15)11(16)13-10(12-6)7(2)17-3/h7H,4-5H2,1-3H3,(H,14,15)(H,12,13,16). The van der Waals surface area contributed by atoms with Crippen LogP contribution in [0.3, 0.4) is 0 Å². The van der Waals surface area contributed by atoms with Crippen LogP contribution in [0.25, 0.3) is 0 Å². The van der Waals surface area contributed by atoms with Crippen molar-refractivity contribution in [2.75, 3.05) is 7.11 Å². The third-order valence-corrected chi connectivity index (χ3v) is 2.57. The number of carbonyl (C=O) groups is 1. The van der Waals surface area contributed by atoms with Gasteiger partial charge in [0.25, 0.3) is 5.56 Å². The number of nitrogens with zero attached hydrogens (tertiary/aromatic N) is 1. The molecule has 0 aliphatic heterocycles. The number of H-pyrrole nitrogens is 1. The van der Waals surface area contributed by atoms with Crippen molar-refractivity contribution < 1.29 is 14.6 Å².